The predicted molar refractivity (Wildman–Crippen MR) is 127 cm³/mol. The summed E-state index contributed by atoms with van der Waals surface area (Å²) in [7, 11) is 0. The Balaban J connectivity index is 1.56. The maximum absolute atomic E-state index is 13.6. The van der Waals surface area contributed by atoms with E-state index in [0.717, 1.165) is 6.07 Å². The van der Waals surface area contributed by atoms with Crippen LogP contribution < -0.4 is 16.0 Å². The summed E-state index contributed by atoms with van der Waals surface area (Å²) in [5.41, 5.74) is 0.761. The molecule has 1 unspecified atom stereocenters. The molecule has 35 heavy (non-hydrogen) atoms. The molecule has 0 saturated carbocycles. The average Bonchev–Trinajstić information content (AvgIpc) is 2.84. The first-order valence-corrected chi connectivity index (χ1v) is 10.8. The SMILES string of the molecule is O=C(COC(=O)CC(NC(=O)c1ccccc1Cl)c1ccccc1)NC(=O)Nc1ccccc1F. The monoisotopic (exact) mass is 497 g/mol. The zero-order chi connectivity index (χ0) is 25.2. The van der Waals surface area contributed by atoms with Gasteiger partial charge in [-0.15, -0.1) is 0 Å². The minimum Gasteiger partial charge on any atom is -0.455 e. The van der Waals surface area contributed by atoms with E-state index in [9.17, 15) is 23.6 Å². The van der Waals surface area contributed by atoms with E-state index >= 15 is 0 Å². The number of rotatable bonds is 8. The fourth-order valence-corrected chi connectivity index (χ4v) is 3.29. The van der Waals surface area contributed by atoms with Crippen molar-refractivity contribution in [3.63, 3.8) is 0 Å². The third-order valence-electron chi connectivity index (χ3n) is 4.74. The molecule has 4 amide bonds. The summed E-state index contributed by atoms with van der Waals surface area (Å²) in [5.74, 6) is -2.86. The number of hydrogen-bond donors (Lipinski definition) is 3. The molecule has 0 radical (unpaired) electrons. The van der Waals surface area contributed by atoms with Crippen LogP contribution in [-0.2, 0) is 14.3 Å². The fraction of sp³-hybridized carbons (Fsp3) is 0.120. The minimum atomic E-state index is -0.981. The van der Waals surface area contributed by atoms with Crippen molar-refractivity contribution in [2.24, 2.45) is 0 Å². The first-order chi connectivity index (χ1) is 16.8. The van der Waals surface area contributed by atoms with E-state index in [2.05, 4.69) is 10.6 Å². The number of ether oxygens (including phenoxy) is 1. The van der Waals surface area contributed by atoms with E-state index in [4.69, 9.17) is 16.3 Å². The Kier molecular flexibility index (Phi) is 8.91. The van der Waals surface area contributed by atoms with Gasteiger partial charge in [0, 0.05) is 0 Å². The first kappa shape index (κ1) is 25.4. The molecule has 180 valence electrons. The fourth-order valence-electron chi connectivity index (χ4n) is 3.07. The number of hydrogen-bond acceptors (Lipinski definition) is 5. The molecule has 0 spiro atoms. The Labute approximate surface area is 205 Å². The molecule has 1 atom stereocenters. The Hall–Kier alpha value is -4.24. The molecule has 3 rings (SSSR count). The second-order valence-electron chi connectivity index (χ2n) is 7.26. The predicted octanol–water partition coefficient (Wildman–Crippen LogP) is 4.23. The van der Waals surface area contributed by atoms with E-state index in [0.29, 0.717) is 5.56 Å². The van der Waals surface area contributed by atoms with Gasteiger partial charge in [-0.3, -0.25) is 19.7 Å². The molecule has 0 aromatic heterocycles. The van der Waals surface area contributed by atoms with Crippen LogP contribution in [0.5, 0.6) is 0 Å². The van der Waals surface area contributed by atoms with E-state index < -0.39 is 42.3 Å². The average molecular weight is 498 g/mol. The van der Waals surface area contributed by atoms with Crippen molar-refractivity contribution in [1.82, 2.24) is 10.6 Å². The third kappa shape index (κ3) is 7.65. The van der Waals surface area contributed by atoms with Crippen LogP contribution in [0.1, 0.15) is 28.4 Å². The highest BCUT2D eigenvalue weighted by Crippen LogP contribution is 2.20. The van der Waals surface area contributed by atoms with Gasteiger partial charge in [-0.1, -0.05) is 66.2 Å². The number of amides is 4. The largest absolute Gasteiger partial charge is 0.455 e. The molecule has 0 aliphatic carbocycles. The molecule has 8 nitrogen and oxygen atoms in total. The maximum Gasteiger partial charge on any atom is 0.326 e. The standard InChI is InChI=1S/C25H21ClFN3O5/c26-18-11-5-4-10-17(18)24(33)28-21(16-8-2-1-3-9-16)14-23(32)35-15-22(31)30-25(34)29-20-13-7-6-12-19(20)27/h1-13,21H,14-15H2,(H,28,33)(H2,29,30,31,34). The van der Waals surface area contributed by atoms with Crippen molar-refractivity contribution in [3.8, 4) is 0 Å². The highest BCUT2D eigenvalue weighted by molar-refractivity contribution is 6.33. The van der Waals surface area contributed by atoms with Crippen LogP contribution in [0, 0.1) is 5.82 Å². The lowest BCUT2D eigenvalue weighted by Gasteiger charge is -2.19. The van der Waals surface area contributed by atoms with Gasteiger partial charge in [0.1, 0.15) is 5.82 Å². The van der Waals surface area contributed by atoms with Gasteiger partial charge in [0.25, 0.3) is 11.8 Å². The number of anilines is 1. The molecular weight excluding hydrogens is 477 g/mol. The molecule has 3 aromatic rings. The van der Waals surface area contributed by atoms with Gasteiger partial charge >= 0.3 is 12.0 Å². The molecule has 0 aliphatic rings. The van der Waals surface area contributed by atoms with Crippen LogP contribution in [0.25, 0.3) is 0 Å². The van der Waals surface area contributed by atoms with Gasteiger partial charge in [-0.25, -0.2) is 9.18 Å². The van der Waals surface area contributed by atoms with Gasteiger partial charge in [-0.05, 0) is 29.8 Å². The van der Waals surface area contributed by atoms with Gasteiger partial charge in [0.15, 0.2) is 6.61 Å². The number of esters is 1. The molecule has 3 aromatic carbocycles. The first-order valence-electron chi connectivity index (χ1n) is 10.4. The number of benzene rings is 3. The molecule has 0 bridgehead atoms. The van der Waals surface area contributed by atoms with Crippen LogP contribution in [0.3, 0.4) is 0 Å². The van der Waals surface area contributed by atoms with Crippen molar-refractivity contribution in [1.29, 1.82) is 0 Å². The molecular formula is C25H21ClFN3O5. The van der Waals surface area contributed by atoms with E-state index in [1.807, 2.05) is 5.32 Å². The number of imide groups is 1. The number of urea groups is 1. The van der Waals surface area contributed by atoms with Crippen LogP contribution in [0.4, 0.5) is 14.9 Å². The topological polar surface area (TPSA) is 114 Å². The quantitative estimate of drug-likeness (QED) is 0.403. The Morgan fingerprint density at radius 3 is 2.26 bits per heavy atom. The summed E-state index contributed by atoms with van der Waals surface area (Å²) in [6.45, 7) is -0.747. The molecule has 0 aliphatic heterocycles. The lowest BCUT2D eigenvalue weighted by molar-refractivity contribution is -0.148. The van der Waals surface area contributed by atoms with Gasteiger partial charge in [0.2, 0.25) is 0 Å². The summed E-state index contributed by atoms with van der Waals surface area (Å²) in [6, 6.07) is 18.9. The second-order valence-corrected chi connectivity index (χ2v) is 7.67. The van der Waals surface area contributed by atoms with Crippen LogP contribution >= 0.6 is 11.6 Å². The lowest BCUT2D eigenvalue weighted by atomic mass is 10.0. The zero-order valence-electron chi connectivity index (χ0n) is 18.3. The number of carbonyl (C=O) groups excluding carboxylic acids is 4. The van der Waals surface area contributed by atoms with E-state index in [1.54, 1.807) is 54.6 Å². The highest BCUT2D eigenvalue weighted by Gasteiger charge is 2.22. The van der Waals surface area contributed by atoms with Crippen molar-refractivity contribution >= 4 is 41.1 Å². The lowest BCUT2D eigenvalue weighted by Crippen LogP contribution is -2.37. The summed E-state index contributed by atoms with van der Waals surface area (Å²) in [4.78, 5) is 48.9. The van der Waals surface area contributed by atoms with Gasteiger partial charge < -0.3 is 15.4 Å². The van der Waals surface area contributed by atoms with Crippen LogP contribution in [0.15, 0.2) is 78.9 Å². The van der Waals surface area contributed by atoms with E-state index in [-0.39, 0.29) is 22.7 Å². The van der Waals surface area contributed by atoms with Crippen molar-refractivity contribution in [2.75, 3.05) is 11.9 Å². The Morgan fingerprint density at radius 1 is 0.886 bits per heavy atom. The molecule has 0 fully saturated rings. The third-order valence-corrected chi connectivity index (χ3v) is 5.07. The zero-order valence-corrected chi connectivity index (χ0v) is 19.1. The highest BCUT2D eigenvalue weighted by atomic mass is 35.5. The van der Waals surface area contributed by atoms with Crippen molar-refractivity contribution in [3.05, 3.63) is 101 Å². The number of nitrogens with one attached hydrogen (secondary N) is 3. The smallest absolute Gasteiger partial charge is 0.326 e. The number of halogens is 2. The van der Waals surface area contributed by atoms with Crippen LogP contribution in [-0.4, -0.2) is 30.4 Å². The summed E-state index contributed by atoms with van der Waals surface area (Å²) >= 11 is 6.09. The van der Waals surface area contributed by atoms with Crippen molar-refractivity contribution in [2.45, 2.75) is 12.5 Å². The molecule has 0 saturated heterocycles. The molecule has 0 heterocycles. The van der Waals surface area contributed by atoms with Gasteiger partial charge in [0.05, 0.1) is 28.7 Å². The number of para-hydroxylation sites is 1. The summed E-state index contributed by atoms with van der Waals surface area (Å²) in [6.07, 6.45) is -0.283. The Bertz CT molecular complexity index is 1220. The van der Waals surface area contributed by atoms with Gasteiger partial charge in [-0.2, -0.15) is 0 Å². The van der Waals surface area contributed by atoms with E-state index in [1.165, 1.54) is 18.2 Å². The Morgan fingerprint density at radius 2 is 1.54 bits per heavy atom. The minimum absolute atomic E-state index is 0.116. The summed E-state index contributed by atoms with van der Waals surface area (Å²) in [5, 5.41) is 7.12. The second kappa shape index (κ2) is 12.3. The molecule has 10 heteroatoms. The summed E-state index contributed by atoms with van der Waals surface area (Å²) < 4.78 is 18.5. The molecule has 3 N–H and O–H groups in total. The maximum atomic E-state index is 13.6. The van der Waals surface area contributed by atoms with Crippen LogP contribution in [0.2, 0.25) is 5.02 Å². The number of carbonyl (C=O) groups is 4. The normalized spacial score (nSPS) is 11.1. The van der Waals surface area contributed by atoms with Crippen molar-refractivity contribution < 1.29 is 28.3 Å².